The van der Waals surface area contributed by atoms with Crippen LogP contribution in [0.25, 0.3) is 0 Å². The van der Waals surface area contributed by atoms with Crippen LogP contribution in [0.4, 0.5) is 0 Å². The summed E-state index contributed by atoms with van der Waals surface area (Å²) in [4.78, 5) is 28.4. The fourth-order valence-corrected chi connectivity index (χ4v) is 3.67. The van der Waals surface area contributed by atoms with Crippen molar-refractivity contribution in [3.05, 3.63) is 69.8 Å². The zero-order valence-electron chi connectivity index (χ0n) is 18.0. The fraction of sp³-hybridized carbons (Fsp3) is 0.417. The zero-order chi connectivity index (χ0) is 21.0. The molecule has 1 aliphatic rings. The van der Waals surface area contributed by atoms with Crippen LogP contribution < -0.4 is 10.2 Å². The average Bonchev–Trinajstić information content (AvgIpc) is 2.72. The molecule has 5 nitrogen and oxygen atoms in total. The van der Waals surface area contributed by atoms with Crippen molar-refractivity contribution in [2.24, 2.45) is 0 Å². The summed E-state index contributed by atoms with van der Waals surface area (Å²) in [5.74, 6) is 0.103. The van der Waals surface area contributed by atoms with Crippen molar-refractivity contribution in [3.8, 4) is 0 Å². The van der Waals surface area contributed by atoms with Gasteiger partial charge in [-0.3, -0.25) is 9.59 Å². The van der Waals surface area contributed by atoms with Gasteiger partial charge in [-0.2, -0.15) is 0 Å². The minimum atomic E-state index is -0.0175. The van der Waals surface area contributed by atoms with E-state index in [-0.39, 0.29) is 11.8 Å². The standard InChI is InChI=1S/C24H31N3O2/c1-17-5-7-21(15-19(17)3)23(28)25-9-10-26-11-13-27(14-12-26)24(29)22-8-6-18(2)20(4)16-22/h5-8,15-16H,9-14H2,1-4H3,(H,25,28)/p+1. The maximum absolute atomic E-state index is 12.7. The van der Waals surface area contributed by atoms with Crippen molar-refractivity contribution in [2.75, 3.05) is 39.3 Å². The number of hydrogen-bond donors (Lipinski definition) is 2. The topological polar surface area (TPSA) is 53.9 Å². The smallest absolute Gasteiger partial charge is 0.254 e. The Kier molecular flexibility index (Phi) is 6.70. The van der Waals surface area contributed by atoms with E-state index >= 15 is 0 Å². The lowest BCUT2D eigenvalue weighted by Crippen LogP contribution is -3.15. The third-order valence-corrected chi connectivity index (χ3v) is 6.04. The molecule has 154 valence electrons. The number of nitrogens with one attached hydrogen (secondary N) is 2. The molecular weight excluding hydrogens is 362 g/mol. The number of nitrogens with zero attached hydrogens (tertiary/aromatic N) is 1. The second-order valence-corrected chi connectivity index (χ2v) is 8.15. The molecule has 0 saturated carbocycles. The number of piperazine rings is 1. The number of quaternary nitrogens is 1. The number of rotatable bonds is 5. The molecule has 0 aliphatic carbocycles. The number of amides is 2. The Bertz CT molecular complexity index is 896. The Hall–Kier alpha value is -2.66. The van der Waals surface area contributed by atoms with Crippen LogP contribution in [-0.2, 0) is 0 Å². The third-order valence-electron chi connectivity index (χ3n) is 6.04. The second kappa shape index (κ2) is 9.23. The SMILES string of the molecule is Cc1ccc(C(=O)NCC[NH+]2CCN(C(=O)c3ccc(C)c(C)c3)CC2)cc1C. The fourth-order valence-electron chi connectivity index (χ4n) is 3.67. The third kappa shape index (κ3) is 5.24. The van der Waals surface area contributed by atoms with Crippen LogP contribution in [0.1, 0.15) is 43.0 Å². The van der Waals surface area contributed by atoms with Gasteiger partial charge in [0.25, 0.3) is 11.8 Å². The van der Waals surface area contributed by atoms with Gasteiger partial charge in [0.15, 0.2) is 0 Å². The maximum atomic E-state index is 12.7. The number of aryl methyl sites for hydroxylation is 4. The highest BCUT2D eigenvalue weighted by Crippen LogP contribution is 2.12. The quantitative estimate of drug-likeness (QED) is 0.811. The minimum Gasteiger partial charge on any atom is -0.346 e. The minimum absolute atomic E-state index is 0.0175. The van der Waals surface area contributed by atoms with Crippen molar-refractivity contribution < 1.29 is 14.5 Å². The van der Waals surface area contributed by atoms with Gasteiger partial charge in [-0.15, -0.1) is 0 Å². The zero-order valence-corrected chi connectivity index (χ0v) is 18.0. The van der Waals surface area contributed by atoms with Gasteiger partial charge in [0.05, 0.1) is 39.3 Å². The predicted octanol–water partition coefficient (Wildman–Crippen LogP) is 1.69. The van der Waals surface area contributed by atoms with Crippen LogP contribution in [0.3, 0.4) is 0 Å². The summed E-state index contributed by atoms with van der Waals surface area (Å²) in [5.41, 5.74) is 6.18. The van der Waals surface area contributed by atoms with E-state index in [9.17, 15) is 9.59 Å². The van der Waals surface area contributed by atoms with Gasteiger partial charge in [0.1, 0.15) is 0 Å². The number of carbonyl (C=O) groups is 2. The van der Waals surface area contributed by atoms with E-state index in [1.165, 1.54) is 16.0 Å². The highest BCUT2D eigenvalue weighted by Gasteiger charge is 2.24. The van der Waals surface area contributed by atoms with E-state index in [4.69, 9.17) is 0 Å². The monoisotopic (exact) mass is 394 g/mol. The molecule has 0 aromatic heterocycles. The summed E-state index contributed by atoms with van der Waals surface area (Å²) in [5, 5.41) is 3.02. The van der Waals surface area contributed by atoms with Gasteiger partial charge in [-0.05, 0) is 74.2 Å². The van der Waals surface area contributed by atoms with Crippen LogP contribution in [0.2, 0.25) is 0 Å². The molecule has 2 N–H and O–H groups in total. The normalized spacial score (nSPS) is 14.7. The Morgan fingerprint density at radius 1 is 0.862 bits per heavy atom. The molecule has 0 radical (unpaired) electrons. The van der Waals surface area contributed by atoms with E-state index in [0.29, 0.717) is 12.1 Å². The van der Waals surface area contributed by atoms with Gasteiger partial charge in [0, 0.05) is 11.1 Å². The van der Waals surface area contributed by atoms with Crippen LogP contribution in [0.15, 0.2) is 36.4 Å². The van der Waals surface area contributed by atoms with Crippen molar-refractivity contribution in [1.82, 2.24) is 10.2 Å². The van der Waals surface area contributed by atoms with E-state index in [0.717, 1.165) is 49.4 Å². The molecule has 0 unspecified atom stereocenters. The molecule has 29 heavy (non-hydrogen) atoms. The van der Waals surface area contributed by atoms with E-state index in [2.05, 4.69) is 12.2 Å². The van der Waals surface area contributed by atoms with Crippen molar-refractivity contribution in [2.45, 2.75) is 27.7 Å². The largest absolute Gasteiger partial charge is 0.346 e. The number of benzene rings is 2. The van der Waals surface area contributed by atoms with E-state index < -0.39 is 0 Å². The summed E-state index contributed by atoms with van der Waals surface area (Å²) in [7, 11) is 0. The van der Waals surface area contributed by atoms with Crippen molar-refractivity contribution in [1.29, 1.82) is 0 Å². The molecule has 2 aromatic carbocycles. The van der Waals surface area contributed by atoms with Gasteiger partial charge in [-0.1, -0.05) is 12.1 Å². The van der Waals surface area contributed by atoms with Gasteiger partial charge in [-0.25, -0.2) is 0 Å². The second-order valence-electron chi connectivity index (χ2n) is 8.15. The van der Waals surface area contributed by atoms with Crippen LogP contribution in [0.5, 0.6) is 0 Å². The van der Waals surface area contributed by atoms with Crippen LogP contribution >= 0.6 is 0 Å². The molecule has 0 spiro atoms. The van der Waals surface area contributed by atoms with Gasteiger partial charge in [0.2, 0.25) is 0 Å². The molecule has 2 aromatic rings. The van der Waals surface area contributed by atoms with Crippen molar-refractivity contribution in [3.63, 3.8) is 0 Å². The summed E-state index contributed by atoms with van der Waals surface area (Å²) in [6.07, 6.45) is 0. The Labute approximate surface area is 173 Å². The molecule has 1 saturated heterocycles. The molecule has 3 rings (SSSR count). The number of hydrogen-bond acceptors (Lipinski definition) is 2. The lowest BCUT2D eigenvalue weighted by Gasteiger charge is -2.32. The molecule has 1 fully saturated rings. The lowest BCUT2D eigenvalue weighted by atomic mass is 10.1. The van der Waals surface area contributed by atoms with E-state index in [1.807, 2.05) is 62.1 Å². The van der Waals surface area contributed by atoms with Gasteiger partial charge >= 0.3 is 0 Å². The van der Waals surface area contributed by atoms with E-state index in [1.54, 1.807) is 0 Å². The predicted molar refractivity (Wildman–Crippen MR) is 116 cm³/mol. The first kappa shape index (κ1) is 21.1. The summed E-state index contributed by atoms with van der Waals surface area (Å²) < 4.78 is 0. The number of carbonyl (C=O) groups excluding carboxylic acids is 2. The molecule has 0 bridgehead atoms. The first-order chi connectivity index (χ1) is 13.8. The Morgan fingerprint density at radius 2 is 1.41 bits per heavy atom. The first-order valence-corrected chi connectivity index (χ1v) is 10.4. The average molecular weight is 395 g/mol. The summed E-state index contributed by atoms with van der Waals surface area (Å²) in [6.45, 7) is 13.0. The first-order valence-electron chi connectivity index (χ1n) is 10.4. The highest BCUT2D eigenvalue weighted by molar-refractivity contribution is 5.95. The maximum Gasteiger partial charge on any atom is 0.254 e. The van der Waals surface area contributed by atoms with Crippen LogP contribution in [0, 0.1) is 27.7 Å². The lowest BCUT2D eigenvalue weighted by molar-refractivity contribution is -0.902. The Morgan fingerprint density at radius 3 is 2.00 bits per heavy atom. The summed E-state index contributed by atoms with van der Waals surface area (Å²) >= 11 is 0. The molecular formula is C24H32N3O2+. The molecule has 1 heterocycles. The van der Waals surface area contributed by atoms with Gasteiger partial charge < -0.3 is 15.1 Å². The highest BCUT2D eigenvalue weighted by atomic mass is 16.2. The molecule has 5 heteroatoms. The molecule has 0 atom stereocenters. The molecule has 1 aliphatic heterocycles. The van der Waals surface area contributed by atoms with Crippen molar-refractivity contribution >= 4 is 11.8 Å². The van der Waals surface area contributed by atoms with Crippen LogP contribution in [-0.4, -0.2) is 56.0 Å². The molecule has 2 amide bonds. The summed E-state index contributed by atoms with van der Waals surface area (Å²) in [6, 6.07) is 11.7. The Balaban J connectivity index is 1.43.